The molecule has 0 saturated carbocycles. The third-order valence-corrected chi connectivity index (χ3v) is 3.04. The molecule has 0 aliphatic rings. The number of carbonyl (C=O) groups is 1. The van der Waals surface area contributed by atoms with Gasteiger partial charge in [-0.15, -0.1) is 11.8 Å². The summed E-state index contributed by atoms with van der Waals surface area (Å²) in [6, 6.07) is 4.56. The number of ketones is 1. The minimum atomic E-state index is -0.337. The van der Waals surface area contributed by atoms with Gasteiger partial charge in [-0.1, -0.05) is 28.1 Å². The molecule has 0 fully saturated rings. The molecular weight excluding hydrogens is 267 g/mol. The van der Waals surface area contributed by atoms with Gasteiger partial charge in [-0.2, -0.15) is 0 Å². The van der Waals surface area contributed by atoms with Crippen molar-refractivity contribution in [3.05, 3.63) is 29.6 Å². The third-order valence-electron chi connectivity index (χ3n) is 1.80. The Bertz CT molecular complexity index is 352. The summed E-state index contributed by atoms with van der Waals surface area (Å²) >= 11 is 4.43. The standard InChI is InChI=1S/C10H10BrFOS/c1-6(11)9(13)7-4-3-5-8(12)10(7)14-2/h3-6H,1-2H3. The second-order valence-corrected chi connectivity index (χ2v) is 4.99. The predicted molar refractivity (Wildman–Crippen MR) is 60.9 cm³/mol. The third kappa shape index (κ3) is 2.36. The van der Waals surface area contributed by atoms with Crippen molar-refractivity contribution in [3.8, 4) is 0 Å². The largest absolute Gasteiger partial charge is 0.293 e. The van der Waals surface area contributed by atoms with Gasteiger partial charge in [0.1, 0.15) is 5.82 Å². The molecule has 0 spiro atoms. The molecule has 1 aromatic carbocycles. The van der Waals surface area contributed by atoms with Gasteiger partial charge in [-0.3, -0.25) is 4.79 Å². The quantitative estimate of drug-likeness (QED) is 0.478. The van der Waals surface area contributed by atoms with Gasteiger partial charge >= 0.3 is 0 Å². The Kier molecular flexibility index (Phi) is 4.13. The lowest BCUT2D eigenvalue weighted by Crippen LogP contribution is -2.11. The Morgan fingerprint density at radius 2 is 2.21 bits per heavy atom. The van der Waals surface area contributed by atoms with Gasteiger partial charge in [-0.05, 0) is 19.2 Å². The first-order valence-corrected chi connectivity index (χ1v) is 6.22. The summed E-state index contributed by atoms with van der Waals surface area (Å²) in [5.41, 5.74) is 0.446. The molecule has 0 aromatic heterocycles. The van der Waals surface area contributed by atoms with E-state index >= 15 is 0 Å². The van der Waals surface area contributed by atoms with Gasteiger partial charge < -0.3 is 0 Å². The Morgan fingerprint density at radius 3 is 2.71 bits per heavy atom. The molecule has 0 amide bonds. The molecule has 1 rings (SSSR count). The summed E-state index contributed by atoms with van der Waals surface area (Å²) < 4.78 is 13.3. The van der Waals surface area contributed by atoms with Crippen LogP contribution in [0.3, 0.4) is 0 Å². The molecule has 0 saturated heterocycles. The number of rotatable bonds is 3. The van der Waals surface area contributed by atoms with Crippen LogP contribution in [0.5, 0.6) is 0 Å². The summed E-state index contributed by atoms with van der Waals surface area (Å²) in [5.74, 6) is -0.426. The maximum Gasteiger partial charge on any atom is 0.177 e. The first-order chi connectivity index (χ1) is 6.57. The molecule has 0 radical (unpaired) electrons. The fraction of sp³-hybridized carbons (Fsp3) is 0.300. The molecule has 0 bridgehead atoms. The van der Waals surface area contributed by atoms with E-state index < -0.39 is 0 Å². The second-order valence-electron chi connectivity index (χ2n) is 2.80. The van der Waals surface area contributed by atoms with Gasteiger partial charge in [0.05, 0.1) is 9.72 Å². The highest BCUT2D eigenvalue weighted by atomic mass is 79.9. The number of alkyl halides is 1. The van der Waals surface area contributed by atoms with Crippen LogP contribution in [0, 0.1) is 5.82 Å². The average molecular weight is 277 g/mol. The number of hydrogen-bond donors (Lipinski definition) is 0. The van der Waals surface area contributed by atoms with Gasteiger partial charge in [0.2, 0.25) is 0 Å². The Hall–Kier alpha value is -0.350. The first kappa shape index (κ1) is 11.7. The van der Waals surface area contributed by atoms with E-state index in [1.807, 2.05) is 0 Å². The number of hydrogen-bond acceptors (Lipinski definition) is 2. The normalized spacial score (nSPS) is 12.6. The predicted octanol–water partition coefficient (Wildman–Crippen LogP) is 3.51. The van der Waals surface area contributed by atoms with E-state index in [2.05, 4.69) is 15.9 Å². The van der Waals surface area contributed by atoms with Crippen molar-refractivity contribution in [1.29, 1.82) is 0 Å². The van der Waals surface area contributed by atoms with Gasteiger partial charge in [-0.25, -0.2) is 4.39 Å². The fourth-order valence-electron chi connectivity index (χ4n) is 1.12. The zero-order chi connectivity index (χ0) is 10.7. The number of Topliss-reactive ketones (excluding diaryl/α,β-unsaturated/α-hetero) is 1. The summed E-state index contributed by atoms with van der Waals surface area (Å²) in [7, 11) is 0. The molecule has 1 nitrogen and oxygen atoms in total. The van der Waals surface area contributed by atoms with Gasteiger partial charge in [0.25, 0.3) is 0 Å². The van der Waals surface area contributed by atoms with E-state index in [1.54, 1.807) is 25.3 Å². The van der Waals surface area contributed by atoms with Gasteiger partial charge in [0, 0.05) is 5.56 Å². The van der Waals surface area contributed by atoms with Crippen molar-refractivity contribution in [2.24, 2.45) is 0 Å². The Morgan fingerprint density at radius 1 is 1.57 bits per heavy atom. The smallest absolute Gasteiger partial charge is 0.177 e. The minimum absolute atomic E-state index is 0.0890. The van der Waals surface area contributed by atoms with E-state index in [1.165, 1.54) is 17.8 Å². The number of carbonyl (C=O) groups excluding carboxylic acids is 1. The molecule has 0 aliphatic heterocycles. The Balaban J connectivity index is 3.20. The zero-order valence-electron chi connectivity index (χ0n) is 7.88. The van der Waals surface area contributed by atoms with E-state index in [0.717, 1.165) is 0 Å². The summed E-state index contributed by atoms with van der Waals surface area (Å²) in [5, 5.41) is 0. The maximum absolute atomic E-state index is 13.3. The van der Waals surface area contributed by atoms with Crippen molar-refractivity contribution in [2.45, 2.75) is 16.6 Å². The van der Waals surface area contributed by atoms with Crippen molar-refractivity contribution in [3.63, 3.8) is 0 Å². The van der Waals surface area contributed by atoms with Crippen LogP contribution in [0.15, 0.2) is 23.1 Å². The first-order valence-electron chi connectivity index (χ1n) is 4.08. The molecule has 1 unspecified atom stereocenters. The topological polar surface area (TPSA) is 17.1 Å². The molecule has 76 valence electrons. The van der Waals surface area contributed by atoms with Crippen LogP contribution in [0.4, 0.5) is 4.39 Å². The minimum Gasteiger partial charge on any atom is -0.293 e. The van der Waals surface area contributed by atoms with Crippen LogP contribution < -0.4 is 0 Å². The molecule has 0 aliphatic carbocycles. The lowest BCUT2D eigenvalue weighted by Gasteiger charge is -2.08. The van der Waals surface area contributed by atoms with E-state index in [4.69, 9.17) is 0 Å². The summed E-state index contributed by atoms with van der Waals surface area (Å²) in [6.07, 6.45) is 1.76. The Labute approximate surface area is 95.2 Å². The van der Waals surface area contributed by atoms with E-state index in [0.29, 0.717) is 10.5 Å². The highest BCUT2D eigenvalue weighted by Gasteiger charge is 2.17. The van der Waals surface area contributed by atoms with Crippen LogP contribution in [-0.4, -0.2) is 16.9 Å². The lowest BCUT2D eigenvalue weighted by atomic mass is 10.1. The molecule has 14 heavy (non-hydrogen) atoms. The molecule has 1 atom stereocenters. The highest BCUT2D eigenvalue weighted by Crippen LogP contribution is 2.25. The highest BCUT2D eigenvalue weighted by molar-refractivity contribution is 9.10. The summed E-state index contributed by atoms with van der Waals surface area (Å²) in [4.78, 5) is 11.8. The molecule has 1 aromatic rings. The molecule has 0 heterocycles. The molecular formula is C10H10BrFOS. The van der Waals surface area contributed by atoms with Gasteiger partial charge in [0.15, 0.2) is 5.78 Å². The lowest BCUT2D eigenvalue weighted by molar-refractivity contribution is 0.0992. The van der Waals surface area contributed by atoms with E-state index in [-0.39, 0.29) is 16.4 Å². The number of thioether (sulfide) groups is 1. The monoisotopic (exact) mass is 276 g/mol. The van der Waals surface area contributed by atoms with Crippen LogP contribution in [0.25, 0.3) is 0 Å². The van der Waals surface area contributed by atoms with Crippen LogP contribution in [0.2, 0.25) is 0 Å². The number of halogens is 2. The zero-order valence-corrected chi connectivity index (χ0v) is 10.3. The molecule has 4 heteroatoms. The van der Waals surface area contributed by atoms with Crippen molar-refractivity contribution < 1.29 is 9.18 Å². The maximum atomic E-state index is 13.3. The van der Waals surface area contributed by atoms with Crippen LogP contribution >= 0.6 is 27.7 Å². The van der Waals surface area contributed by atoms with E-state index in [9.17, 15) is 9.18 Å². The van der Waals surface area contributed by atoms with Crippen molar-refractivity contribution in [2.75, 3.05) is 6.26 Å². The van der Waals surface area contributed by atoms with Crippen LogP contribution in [-0.2, 0) is 0 Å². The average Bonchev–Trinajstić information content (AvgIpc) is 2.16. The number of benzene rings is 1. The molecule has 0 N–H and O–H groups in total. The van der Waals surface area contributed by atoms with Crippen molar-refractivity contribution in [1.82, 2.24) is 0 Å². The second kappa shape index (κ2) is 4.94. The fourth-order valence-corrected chi connectivity index (χ4v) is 2.02. The van der Waals surface area contributed by atoms with Crippen LogP contribution in [0.1, 0.15) is 17.3 Å². The van der Waals surface area contributed by atoms with Crippen molar-refractivity contribution >= 4 is 33.5 Å². The SMILES string of the molecule is CSc1c(F)cccc1C(=O)C(C)Br. The summed E-state index contributed by atoms with van der Waals surface area (Å²) in [6.45, 7) is 1.73.